The molecule has 0 aliphatic carbocycles. The van der Waals surface area contributed by atoms with Crippen LogP contribution in [0.3, 0.4) is 0 Å². The molecule has 5 amide bonds. The number of amides is 5. The van der Waals surface area contributed by atoms with Crippen LogP contribution in [0.2, 0.25) is 0 Å². The van der Waals surface area contributed by atoms with Crippen molar-refractivity contribution >= 4 is 29.3 Å². The summed E-state index contributed by atoms with van der Waals surface area (Å²) in [5, 5.41) is 18.0. The van der Waals surface area contributed by atoms with Crippen molar-refractivity contribution in [2.45, 2.75) is 45.9 Å². The predicted octanol–water partition coefficient (Wildman–Crippen LogP) is 3.74. The van der Waals surface area contributed by atoms with Crippen molar-refractivity contribution in [2.24, 2.45) is 5.92 Å². The van der Waals surface area contributed by atoms with Crippen molar-refractivity contribution in [1.82, 2.24) is 15.1 Å². The van der Waals surface area contributed by atoms with E-state index in [1.54, 1.807) is 37.1 Å². The van der Waals surface area contributed by atoms with E-state index in [1.165, 1.54) is 29.2 Å². The van der Waals surface area contributed by atoms with Gasteiger partial charge in [-0.25, -0.2) is 14.0 Å². The van der Waals surface area contributed by atoms with Crippen molar-refractivity contribution in [3.05, 3.63) is 53.8 Å². The molecule has 0 saturated heterocycles. The quantitative estimate of drug-likeness (QED) is 0.435. The minimum atomic E-state index is -0.498. The SMILES string of the molecule is CC(C)NC(=O)Nc1ccc2c(c1)C(=O)N([C@H](C)CO)C[C@H](C)[C@H](CN(C)C(=O)Nc1ccc(F)cc1)O2. The average Bonchev–Trinajstić information content (AvgIpc) is 2.86. The summed E-state index contributed by atoms with van der Waals surface area (Å²) in [6, 6.07) is 8.93. The van der Waals surface area contributed by atoms with E-state index in [4.69, 9.17) is 4.74 Å². The van der Waals surface area contributed by atoms with Crippen LogP contribution in [0.1, 0.15) is 38.1 Å². The average molecular weight is 530 g/mol. The van der Waals surface area contributed by atoms with Gasteiger partial charge in [0, 0.05) is 36.9 Å². The summed E-state index contributed by atoms with van der Waals surface area (Å²) < 4.78 is 19.5. The van der Waals surface area contributed by atoms with E-state index in [-0.39, 0.29) is 43.1 Å². The van der Waals surface area contributed by atoms with Crippen molar-refractivity contribution in [1.29, 1.82) is 0 Å². The first-order valence-corrected chi connectivity index (χ1v) is 12.6. The Bertz CT molecular complexity index is 1140. The van der Waals surface area contributed by atoms with Crippen molar-refractivity contribution in [3.63, 3.8) is 0 Å². The summed E-state index contributed by atoms with van der Waals surface area (Å²) in [6.45, 7) is 7.59. The molecule has 3 rings (SSSR count). The number of urea groups is 2. The lowest BCUT2D eigenvalue weighted by atomic mass is 9.99. The molecule has 0 fully saturated rings. The van der Waals surface area contributed by atoms with Gasteiger partial charge in [0.05, 0.1) is 24.8 Å². The van der Waals surface area contributed by atoms with Gasteiger partial charge in [0.25, 0.3) is 5.91 Å². The first kappa shape index (κ1) is 28.7. The molecule has 11 heteroatoms. The van der Waals surface area contributed by atoms with Gasteiger partial charge in [-0.1, -0.05) is 6.92 Å². The van der Waals surface area contributed by atoms with Crippen LogP contribution in [0, 0.1) is 11.7 Å². The summed E-state index contributed by atoms with van der Waals surface area (Å²) in [4.78, 5) is 41.5. The fourth-order valence-corrected chi connectivity index (χ4v) is 4.05. The summed E-state index contributed by atoms with van der Waals surface area (Å²) in [5.74, 6) is -0.621. The van der Waals surface area contributed by atoms with E-state index in [9.17, 15) is 23.9 Å². The Morgan fingerprint density at radius 3 is 2.42 bits per heavy atom. The Kier molecular flexibility index (Phi) is 9.51. The molecule has 0 spiro atoms. The number of hydrogen-bond acceptors (Lipinski definition) is 5. The van der Waals surface area contributed by atoms with Crippen LogP contribution in [-0.4, -0.2) is 77.8 Å². The molecule has 2 aromatic carbocycles. The molecule has 0 aromatic heterocycles. The Morgan fingerprint density at radius 2 is 1.79 bits per heavy atom. The highest BCUT2D eigenvalue weighted by atomic mass is 19.1. The molecule has 0 unspecified atom stereocenters. The Hall–Kier alpha value is -3.86. The second-order valence-electron chi connectivity index (χ2n) is 9.90. The number of ether oxygens (including phenoxy) is 1. The topological polar surface area (TPSA) is 123 Å². The van der Waals surface area contributed by atoms with Gasteiger partial charge >= 0.3 is 12.1 Å². The first-order valence-electron chi connectivity index (χ1n) is 12.6. The van der Waals surface area contributed by atoms with Crippen molar-refractivity contribution in [2.75, 3.05) is 37.4 Å². The summed E-state index contributed by atoms with van der Waals surface area (Å²) >= 11 is 0. The van der Waals surface area contributed by atoms with Crippen LogP contribution < -0.4 is 20.7 Å². The monoisotopic (exact) mass is 529 g/mol. The highest BCUT2D eigenvalue weighted by Crippen LogP contribution is 2.30. The lowest BCUT2D eigenvalue weighted by Gasteiger charge is -2.38. The Morgan fingerprint density at radius 1 is 1.13 bits per heavy atom. The number of anilines is 2. The number of rotatable bonds is 7. The highest BCUT2D eigenvalue weighted by Gasteiger charge is 2.34. The van der Waals surface area contributed by atoms with Gasteiger partial charge < -0.3 is 35.6 Å². The summed E-state index contributed by atoms with van der Waals surface area (Å²) in [5.41, 5.74) is 1.11. The van der Waals surface area contributed by atoms with Crippen molar-refractivity contribution < 1.29 is 28.6 Å². The number of carbonyl (C=O) groups excluding carboxylic acids is 3. The second-order valence-corrected chi connectivity index (χ2v) is 9.90. The van der Waals surface area contributed by atoms with Gasteiger partial charge in [-0.05, 0) is 63.2 Å². The molecule has 38 heavy (non-hydrogen) atoms. The summed E-state index contributed by atoms with van der Waals surface area (Å²) in [7, 11) is 1.62. The van der Waals surface area contributed by atoms with E-state index in [1.807, 2.05) is 20.8 Å². The number of halogens is 1. The lowest BCUT2D eigenvalue weighted by Crippen LogP contribution is -2.50. The normalized spacial score (nSPS) is 18.0. The minimum Gasteiger partial charge on any atom is -0.487 e. The third-order valence-electron chi connectivity index (χ3n) is 6.24. The third-order valence-corrected chi connectivity index (χ3v) is 6.24. The number of likely N-dealkylation sites (N-methyl/N-ethyl adjacent to an activating group) is 1. The number of nitrogens with zero attached hydrogens (tertiary/aromatic N) is 2. The van der Waals surface area contributed by atoms with Crippen LogP contribution in [0.15, 0.2) is 42.5 Å². The molecule has 1 heterocycles. The van der Waals surface area contributed by atoms with Crippen LogP contribution in [0.25, 0.3) is 0 Å². The molecule has 2 aromatic rings. The maximum absolute atomic E-state index is 13.5. The highest BCUT2D eigenvalue weighted by molar-refractivity contribution is 5.99. The van der Waals surface area contributed by atoms with Gasteiger partial charge in [0.15, 0.2) is 0 Å². The molecule has 1 aliphatic rings. The number of aliphatic hydroxyl groups is 1. The zero-order valence-electron chi connectivity index (χ0n) is 22.3. The Balaban J connectivity index is 1.85. The molecule has 0 saturated carbocycles. The summed E-state index contributed by atoms with van der Waals surface area (Å²) in [6.07, 6.45) is -0.498. The predicted molar refractivity (Wildman–Crippen MR) is 143 cm³/mol. The molecule has 10 nitrogen and oxygen atoms in total. The number of carbonyl (C=O) groups is 3. The fraction of sp³-hybridized carbons (Fsp3) is 0.444. The van der Waals surface area contributed by atoms with Gasteiger partial charge in [-0.3, -0.25) is 4.79 Å². The van der Waals surface area contributed by atoms with E-state index in [2.05, 4.69) is 16.0 Å². The number of benzene rings is 2. The van der Waals surface area contributed by atoms with Gasteiger partial charge in [-0.15, -0.1) is 0 Å². The first-order chi connectivity index (χ1) is 18.0. The zero-order chi connectivity index (χ0) is 28.0. The molecule has 0 radical (unpaired) electrons. The minimum absolute atomic E-state index is 0.0651. The zero-order valence-corrected chi connectivity index (χ0v) is 22.3. The smallest absolute Gasteiger partial charge is 0.321 e. The number of hydrogen-bond donors (Lipinski definition) is 4. The van der Waals surface area contributed by atoms with E-state index in [0.29, 0.717) is 17.1 Å². The second kappa shape index (κ2) is 12.6. The largest absolute Gasteiger partial charge is 0.487 e. The maximum Gasteiger partial charge on any atom is 0.321 e. The van der Waals surface area contributed by atoms with E-state index in [0.717, 1.165) is 0 Å². The standard InChI is InChI=1S/C27H36FN5O5/c1-16(2)29-26(36)30-21-10-11-23-22(12-21)25(35)33(18(4)15-34)13-17(3)24(38-23)14-32(5)27(37)31-20-8-6-19(28)7-9-20/h6-12,16-18,24,34H,13-15H2,1-5H3,(H,31,37)(H2,29,30,36)/t17-,18+,24-/m0/s1. The van der Waals surface area contributed by atoms with E-state index >= 15 is 0 Å². The molecule has 4 N–H and O–H groups in total. The lowest BCUT2D eigenvalue weighted by molar-refractivity contribution is 0.0371. The molecule has 0 bridgehead atoms. The van der Waals surface area contributed by atoms with Crippen molar-refractivity contribution in [3.8, 4) is 5.75 Å². The molecular formula is C27H36FN5O5. The molecule has 3 atom stereocenters. The van der Waals surface area contributed by atoms with E-state index < -0.39 is 30.0 Å². The van der Waals surface area contributed by atoms with Gasteiger partial charge in [0.1, 0.15) is 17.7 Å². The number of fused-ring (bicyclic) bond motifs is 1. The molecule has 1 aliphatic heterocycles. The fourth-order valence-electron chi connectivity index (χ4n) is 4.05. The molecular weight excluding hydrogens is 493 g/mol. The van der Waals surface area contributed by atoms with Crippen LogP contribution >= 0.6 is 0 Å². The maximum atomic E-state index is 13.5. The van der Waals surface area contributed by atoms with Gasteiger partial charge in [-0.2, -0.15) is 0 Å². The van der Waals surface area contributed by atoms with Gasteiger partial charge in [0.2, 0.25) is 0 Å². The van der Waals surface area contributed by atoms with Crippen LogP contribution in [0.4, 0.5) is 25.4 Å². The third kappa shape index (κ3) is 7.34. The van der Waals surface area contributed by atoms with Crippen LogP contribution in [0.5, 0.6) is 5.75 Å². The van der Waals surface area contributed by atoms with Crippen LogP contribution in [-0.2, 0) is 0 Å². The molecule has 206 valence electrons. The Labute approximate surface area is 222 Å². The number of aliphatic hydroxyl groups excluding tert-OH is 1. The number of nitrogens with one attached hydrogen (secondary N) is 3.